The van der Waals surface area contributed by atoms with Crippen molar-refractivity contribution >= 4 is 28.2 Å². The van der Waals surface area contributed by atoms with Crippen LogP contribution in [0.3, 0.4) is 0 Å². The second-order valence-electron chi connectivity index (χ2n) is 7.45. The molecule has 5 rings (SSSR count). The summed E-state index contributed by atoms with van der Waals surface area (Å²) >= 11 is 0. The Morgan fingerprint density at radius 1 is 1.10 bits per heavy atom. The molecule has 1 saturated heterocycles. The van der Waals surface area contributed by atoms with E-state index in [0.29, 0.717) is 17.2 Å². The number of aryl methyl sites for hydroxylation is 1. The van der Waals surface area contributed by atoms with E-state index in [0.717, 1.165) is 59.6 Å². The Hall–Kier alpha value is -3.55. The van der Waals surface area contributed by atoms with Crippen LogP contribution in [0.5, 0.6) is 0 Å². The van der Waals surface area contributed by atoms with Crippen LogP contribution in [0.4, 0.5) is 5.95 Å². The number of fused-ring (bicyclic) bond motifs is 3. The molecular formula is C21H22N8. The van der Waals surface area contributed by atoms with Crippen LogP contribution in [-0.4, -0.2) is 42.6 Å². The molecule has 1 fully saturated rings. The van der Waals surface area contributed by atoms with Gasteiger partial charge in [-0.05, 0) is 43.9 Å². The molecule has 0 radical (unpaired) electrons. The summed E-state index contributed by atoms with van der Waals surface area (Å²) in [6, 6.07) is 4.09. The molecule has 0 spiro atoms. The molecule has 0 aliphatic carbocycles. The molecule has 146 valence electrons. The van der Waals surface area contributed by atoms with Crippen molar-refractivity contribution < 1.29 is 0 Å². The molecule has 0 atom stereocenters. The number of aromatic nitrogens is 6. The summed E-state index contributed by atoms with van der Waals surface area (Å²) in [7, 11) is 0. The van der Waals surface area contributed by atoms with Gasteiger partial charge in [0.05, 0.1) is 11.7 Å². The number of benzene rings is 1. The number of hydrogen-bond donors (Lipinski definition) is 1. The fourth-order valence-electron chi connectivity index (χ4n) is 3.91. The van der Waals surface area contributed by atoms with Crippen molar-refractivity contribution in [3.05, 3.63) is 48.4 Å². The van der Waals surface area contributed by atoms with Crippen LogP contribution >= 0.6 is 0 Å². The number of rotatable bonds is 3. The van der Waals surface area contributed by atoms with Crippen LogP contribution in [0, 0.1) is 6.92 Å². The zero-order valence-electron chi connectivity index (χ0n) is 16.3. The Labute approximate surface area is 168 Å². The standard InChI is InChI=1S/C21H22N8/c1-13-10-15(14(2)22)18-16(11-13)20-26-19(17-12-23-6-7-24-17)27-29(20)21(25-18)28-8-4-3-5-9-28/h6-7,10-12H,2-5,8-9,22H2,1H3. The lowest BCUT2D eigenvalue weighted by Gasteiger charge is -2.28. The lowest BCUT2D eigenvalue weighted by Crippen LogP contribution is -2.32. The van der Waals surface area contributed by atoms with Crippen molar-refractivity contribution in [3.8, 4) is 11.5 Å². The van der Waals surface area contributed by atoms with Crippen LogP contribution in [0.15, 0.2) is 37.3 Å². The van der Waals surface area contributed by atoms with E-state index < -0.39 is 0 Å². The molecule has 0 saturated carbocycles. The average Bonchev–Trinajstić information content (AvgIpc) is 3.20. The van der Waals surface area contributed by atoms with Gasteiger partial charge in [-0.15, -0.1) is 5.10 Å². The van der Waals surface area contributed by atoms with Crippen LogP contribution in [0.25, 0.3) is 33.8 Å². The number of piperidine rings is 1. The summed E-state index contributed by atoms with van der Waals surface area (Å²) in [6.45, 7) is 7.87. The topological polar surface area (TPSA) is 98.1 Å². The molecule has 29 heavy (non-hydrogen) atoms. The van der Waals surface area contributed by atoms with E-state index in [2.05, 4.69) is 27.5 Å². The fraction of sp³-hybridized carbons (Fsp3) is 0.286. The third kappa shape index (κ3) is 2.97. The Bertz CT molecular complexity index is 1220. The highest BCUT2D eigenvalue weighted by molar-refractivity contribution is 5.99. The van der Waals surface area contributed by atoms with Gasteiger partial charge in [-0.2, -0.15) is 4.52 Å². The van der Waals surface area contributed by atoms with E-state index in [-0.39, 0.29) is 0 Å². The summed E-state index contributed by atoms with van der Waals surface area (Å²) in [4.78, 5) is 20.6. The van der Waals surface area contributed by atoms with Gasteiger partial charge in [-0.3, -0.25) is 4.98 Å². The zero-order valence-corrected chi connectivity index (χ0v) is 16.3. The minimum atomic E-state index is 0.494. The van der Waals surface area contributed by atoms with Crippen LogP contribution in [0.2, 0.25) is 0 Å². The maximum absolute atomic E-state index is 6.11. The third-order valence-corrected chi connectivity index (χ3v) is 5.28. The molecule has 4 heterocycles. The van der Waals surface area contributed by atoms with Crippen molar-refractivity contribution in [2.45, 2.75) is 26.2 Å². The first-order valence-electron chi connectivity index (χ1n) is 9.79. The van der Waals surface area contributed by atoms with Gasteiger partial charge in [0.25, 0.3) is 0 Å². The molecule has 8 nitrogen and oxygen atoms in total. The molecule has 1 aliphatic rings. The monoisotopic (exact) mass is 386 g/mol. The van der Waals surface area contributed by atoms with E-state index >= 15 is 0 Å². The van der Waals surface area contributed by atoms with Gasteiger partial charge in [0.15, 0.2) is 5.65 Å². The Morgan fingerprint density at radius 3 is 2.66 bits per heavy atom. The molecule has 0 unspecified atom stereocenters. The van der Waals surface area contributed by atoms with Crippen LogP contribution in [0.1, 0.15) is 30.4 Å². The summed E-state index contributed by atoms with van der Waals surface area (Å²) in [5, 5.41) is 5.66. The third-order valence-electron chi connectivity index (χ3n) is 5.28. The molecule has 1 aromatic carbocycles. The van der Waals surface area contributed by atoms with Gasteiger partial charge in [-0.1, -0.05) is 6.58 Å². The second kappa shape index (κ2) is 6.80. The van der Waals surface area contributed by atoms with Gasteiger partial charge in [0.2, 0.25) is 11.8 Å². The molecular weight excluding hydrogens is 364 g/mol. The molecule has 0 bridgehead atoms. The molecule has 2 N–H and O–H groups in total. The Kier molecular flexibility index (Phi) is 4.12. The van der Waals surface area contributed by atoms with E-state index in [1.807, 2.05) is 17.5 Å². The van der Waals surface area contributed by atoms with Crippen molar-refractivity contribution in [2.24, 2.45) is 5.73 Å². The predicted molar refractivity (Wildman–Crippen MR) is 113 cm³/mol. The SMILES string of the molecule is C=C(N)c1cc(C)cc2c1nc(N1CCCCC1)n1nc(-c3cnccn3)nc21. The maximum Gasteiger partial charge on any atom is 0.229 e. The van der Waals surface area contributed by atoms with Gasteiger partial charge < -0.3 is 10.6 Å². The number of nitrogens with two attached hydrogens (primary N) is 1. The van der Waals surface area contributed by atoms with Crippen molar-refractivity contribution in [3.63, 3.8) is 0 Å². The molecule has 1 aliphatic heterocycles. The predicted octanol–water partition coefficient (Wildman–Crippen LogP) is 2.96. The lowest BCUT2D eigenvalue weighted by molar-refractivity contribution is 0.563. The van der Waals surface area contributed by atoms with Crippen molar-refractivity contribution in [1.82, 2.24) is 29.5 Å². The molecule has 4 aromatic rings. The van der Waals surface area contributed by atoms with E-state index in [1.54, 1.807) is 18.6 Å². The summed E-state index contributed by atoms with van der Waals surface area (Å²) in [5.74, 6) is 1.31. The molecule has 3 aromatic heterocycles. The summed E-state index contributed by atoms with van der Waals surface area (Å²) in [5.41, 5.74) is 10.7. The number of hydrogen-bond acceptors (Lipinski definition) is 7. The smallest absolute Gasteiger partial charge is 0.229 e. The first-order chi connectivity index (χ1) is 14.1. The Morgan fingerprint density at radius 2 is 1.93 bits per heavy atom. The highest BCUT2D eigenvalue weighted by Crippen LogP contribution is 2.30. The second-order valence-corrected chi connectivity index (χ2v) is 7.45. The van der Waals surface area contributed by atoms with Crippen molar-refractivity contribution in [2.75, 3.05) is 18.0 Å². The summed E-state index contributed by atoms with van der Waals surface area (Å²) < 4.78 is 1.83. The van der Waals surface area contributed by atoms with Crippen LogP contribution < -0.4 is 10.6 Å². The minimum absolute atomic E-state index is 0.494. The van der Waals surface area contributed by atoms with E-state index in [1.165, 1.54) is 6.42 Å². The minimum Gasteiger partial charge on any atom is -0.399 e. The highest BCUT2D eigenvalue weighted by Gasteiger charge is 2.22. The molecule has 8 heteroatoms. The average molecular weight is 386 g/mol. The Balaban J connectivity index is 1.85. The van der Waals surface area contributed by atoms with E-state index in [9.17, 15) is 0 Å². The quantitative estimate of drug-likeness (QED) is 0.578. The number of nitrogens with zero attached hydrogens (tertiary/aromatic N) is 7. The molecule has 0 amide bonds. The van der Waals surface area contributed by atoms with Gasteiger partial charge in [-0.25, -0.2) is 15.0 Å². The van der Waals surface area contributed by atoms with Gasteiger partial charge >= 0.3 is 0 Å². The van der Waals surface area contributed by atoms with Gasteiger partial charge in [0, 0.05) is 42.1 Å². The first kappa shape index (κ1) is 17.5. The van der Waals surface area contributed by atoms with Crippen molar-refractivity contribution in [1.29, 1.82) is 0 Å². The largest absolute Gasteiger partial charge is 0.399 e. The maximum atomic E-state index is 6.11. The fourth-order valence-corrected chi connectivity index (χ4v) is 3.91. The summed E-state index contributed by atoms with van der Waals surface area (Å²) in [6.07, 6.45) is 8.46. The highest BCUT2D eigenvalue weighted by atomic mass is 15.4. The normalized spacial score (nSPS) is 14.6. The first-order valence-corrected chi connectivity index (χ1v) is 9.79. The van der Waals surface area contributed by atoms with E-state index in [4.69, 9.17) is 20.8 Å². The van der Waals surface area contributed by atoms with Crippen LogP contribution in [-0.2, 0) is 0 Å². The zero-order chi connectivity index (χ0) is 20.0. The number of anilines is 1. The van der Waals surface area contributed by atoms with Gasteiger partial charge in [0.1, 0.15) is 5.69 Å². The lowest BCUT2D eigenvalue weighted by atomic mass is 10.0.